The summed E-state index contributed by atoms with van der Waals surface area (Å²) in [5.41, 5.74) is 9.82. The van der Waals surface area contributed by atoms with Crippen LogP contribution in [0.3, 0.4) is 0 Å². The molecule has 0 aromatic heterocycles. The maximum absolute atomic E-state index is 6.24. The van der Waals surface area contributed by atoms with Crippen LogP contribution in [0.5, 0.6) is 0 Å². The van der Waals surface area contributed by atoms with E-state index >= 15 is 0 Å². The van der Waals surface area contributed by atoms with Gasteiger partial charge in [-0.3, -0.25) is 0 Å². The predicted molar refractivity (Wildman–Crippen MR) is 115 cm³/mol. The molecule has 3 nitrogen and oxygen atoms in total. The highest BCUT2D eigenvalue weighted by Gasteiger charge is 2.26. The second-order valence-electron chi connectivity index (χ2n) is 8.31. The smallest absolute Gasteiger partial charge is 0.0522 e. The first kappa shape index (κ1) is 18.2. The Morgan fingerprint density at radius 3 is 2.56 bits per heavy atom. The first-order valence-corrected chi connectivity index (χ1v) is 12.3. The molecule has 1 fully saturated rings. The summed E-state index contributed by atoms with van der Waals surface area (Å²) in [5.74, 6) is 1.79. The molecule has 0 radical (unpaired) electrons. The SMILES string of the molecule is CC1C=CN(C2CCN(c3ccc(N)c(CCS(C)(C)C)c3)C2)C=C1. The van der Waals surface area contributed by atoms with E-state index in [1.165, 1.54) is 23.4 Å². The molecule has 138 valence electrons. The first-order valence-electron chi connectivity index (χ1n) is 9.25. The molecule has 0 aliphatic carbocycles. The number of nitrogen functional groups attached to an aromatic ring is 1. The lowest BCUT2D eigenvalue weighted by Gasteiger charge is -2.28. The fourth-order valence-electron chi connectivity index (χ4n) is 3.47. The summed E-state index contributed by atoms with van der Waals surface area (Å²) in [5, 5.41) is 0. The molecule has 1 atom stereocenters. The van der Waals surface area contributed by atoms with Crippen LogP contribution in [0.15, 0.2) is 42.8 Å². The van der Waals surface area contributed by atoms with Crippen molar-refractivity contribution in [1.82, 2.24) is 4.90 Å². The van der Waals surface area contributed by atoms with E-state index in [0.717, 1.165) is 25.2 Å². The van der Waals surface area contributed by atoms with Crippen molar-refractivity contribution in [2.24, 2.45) is 5.92 Å². The molecular formula is C21H33N3S. The van der Waals surface area contributed by atoms with Gasteiger partial charge >= 0.3 is 0 Å². The van der Waals surface area contributed by atoms with Crippen LogP contribution in [0.1, 0.15) is 18.9 Å². The Bertz CT molecular complexity index is 646. The Labute approximate surface area is 154 Å². The van der Waals surface area contributed by atoms with Crippen LogP contribution in [0, 0.1) is 5.92 Å². The molecule has 0 spiro atoms. The molecule has 2 aliphatic heterocycles. The molecule has 0 bridgehead atoms. The lowest BCUT2D eigenvalue weighted by molar-refractivity contribution is 0.382. The molecule has 0 amide bonds. The quantitative estimate of drug-likeness (QED) is 0.805. The van der Waals surface area contributed by atoms with E-state index in [0.29, 0.717) is 12.0 Å². The topological polar surface area (TPSA) is 32.5 Å². The van der Waals surface area contributed by atoms with E-state index in [4.69, 9.17) is 5.73 Å². The summed E-state index contributed by atoms with van der Waals surface area (Å²) in [6.07, 6.45) is 18.5. The van der Waals surface area contributed by atoms with Gasteiger partial charge in [0.15, 0.2) is 0 Å². The third-order valence-corrected chi connectivity index (χ3v) is 6.61. The fourth-order valence-corrected chi connectivity index (χ4v) is 4.30. The Morgan fingerprint density at radius 1 is 1.16 bits per heavy atom. The van der Waals surface area contributed by atoms with Gasteiger partial charge in [-0.15, -0.1) is 0 Å². The number of anilines is 2. The number of benzene rings is 1. The zero-order valence-corrected chi connectivity index (χ0v) is 16.9. The lowest BCUT2D eigenvalue weighted by Crippen LogP contribution is -2.31. The van der Waals surface area contributed by atoms with Crippen molar-refractivity contribution < 1.29 is 0 Å². The van der Waals surface area contributed by atoms with E-state index in [2.05, 4.69) is 78.2 Å². The van der Waals surface area contributed by atoms with Gasteiger partial charge in [-0.25, -0.2) is 10.0 Å². The average molecular weight is 360 g/mol. The molecule has 0 saturated carbocycles. The van der Waals surface area contributed by atoms with E-state index in [9.17, 15) is 0 Å². The highest BCUT2D eigenvalue weighted by atomic mass is 32.3. The highest BCUT2D eigenvalue weighted by molar-refractivity contribution is 8.32. The number of nitrogens with two attached hydrogens (primary N) is 1. The second kappa shape index (κ2) is 7.36. The number of allylic oxidation sites excluding steroid dienone is 2. The summed E-state index contributed by atoms with van der Waals surface area (Å²) < 4.78 is 0. The fraction of sp³-hybridized carbons (Fsp3) is 0.524. The Kier molecular flexibility index (Phi) is 5.38. The molecule has 3 rings (SSSR count). The molecule has 2 aliphatic rings. The van der Waals surface area contributed by atoms with Crippen molar-refractivity contribution in [1.29, 1.82) is 0 Å². The predicted octanol–water partition coefficient (Wildman–Crippen LogP) is 4.06. The van der Waals surface area contributed by atoms with Crippen molar-refractivity contribution >= 4 is 21.4 Å². The largest absolute Gasteiger partial charge is 0.399 e. The van der Waals surface area contributed by atoms with E-state index in [1.54, 1.807) is 0 Å². The molecule has 1 aromatic rings. The summed E-state index contributed by atoms with van der Waals surface area (Å²) >= 11 is 0. The zero-order chi connectivity index (χ0) is 18.0. The van der Waals surface area contributed by atoms with Crippen molar-refractivity contribution in [3.63, 3.8) is 0 Å². The summed E-state index contributed by atoms with van der Waals surface area (Å²) in [6, 6.07) is 7.18. The lowest BCUT2D eigenvalue weighted by atomic mass is 10.1. The highest BCUT2D eigenvalue weighted by Crippen LogP contribution is 2.36. The van der Waals surface area contributed by atoms with Gasteiger partial charge in [-0.1, -0.05) is 19.1 Å². The number of aryl methyl sites for hydroxylation is 1. The minimum atomic E-state index is -0.490. The molecule has 4 heteroatoms. The molecule has 2 N–H and O–H groups in total. The number of nitrogens with zero attached hydrogens (tertiary/aromatic N) is 2. The van der Waals surface area contributed by atoms with Crippen LogP contribution in [-0.2, 0) is 6.42 Å². The van der Waals surface area contributed by atoms with Gasteiger partial charge in [0.05, 0.1) is 6.04 Å². The molecular weight excluding hydrogens is 326 g/mol. The van der Waals surface area contributed by atoms with Crippen molar-refractivity contribution in [2.75, 3.05) is 48.2 Å². The van der Waals surface area contributed by atoms with Gasteiger partial charge in [0.1, 0.15) is 0 Å². The van der Waals surface area contributed by atoms with Crippen LogP contribution < -0.4 is 10.6 Å². The third kappa shape index (κ3) is 4.75. The van der Waals surface area contributed by atoms with Gasteiger partial charge in [-0.2, -0.15) is 0 Å². The van der Waals surface area contributed by atoms with E-state index in [1.807, 2.05) is 0 Å². The summed E-state index contributed by atoms with van der Waals surface area (Å²) in [7, 11) is -0.490. The summed E-state index contributed by atoms with van der Waals surface area (Å²) in [4.78, 5) is 4.89. The van der Waals surface area contributed by atoms with E-state index < -0.39 is 10.0 Å². The van der Waals surface area contributed by atoms with Crippen molar-refractivity contribution in [3.8, 4) is 0 Å². The van der Waals surface area contributed by atoms with E-state index in [-0.39, 0.29) is 0 Å². The molecule has 1 unspecified atom stereocenters. The van der Waals surface area contributed by atoms with Gasteiger partial charge < -0.3 is 15.5 Å². The first-order chi connectivity index (χ1) is 11.8. The molecule has 25 heavy (non-hydrogen) atoms. The monoisotopic (exact) mass is 359 g/mol. The van der Waals surface area contributed by atoms with Crippen molar-refractivity contribution in [3.05, 3.63) is 48.3 Å². The third-order valence-electron chi connectivity index (χ3n) is 5.18. The van der Waals surface area contributed by atoms with Gasteiger partial charge in [0.2, 0.25) is 0 Å². The van der Waals surface area contributed by atoms with Gasteiger partial charge in [0.25, 0.3) is 0 Å². The standard InChI is InChI=1S/C21H33N3S/c1-17-7-11-23(12-8-17)20-9-13-24(16-20)19-5-6-21(22)18(15-19)10-14-25(2,3)4/h5-8,11-12,15,17,20H,9-10,13-14,16,22H2,1-4H3. The summed E-state index contributed by atoms with van der Waals surface area (Å²) in [6.45, 7) is 4.42. The molecule has 1 aromatic carbocycles. The Hall–Kier alpha value is -1.55. The zero-order valence-electron chi connectivity index (χ0n) is 16.1. The number of hydrogen-bond acceptors (Lipinski definition) is 3. The minimum Gasteiger partial charge on any atom is -0.399 e. The maximum atomic E-state index is 6.24. The minimum absolute atomic E-state index is 0.490. The normalized spacial score (nSPS) is 22.0. The number of hydrogen-bond donors (Lipinski definition) is 1. The van der Waals surface area contributed by atoms with Gasteiger partial charge in [0, 0.05) is 36.9 Å². The maximum Gasteiger partial charge on any atom is 0.0522 e. The Morgan fingerprint density at radius 2 is 1.88 bits per heavy atom. The molecule has 1 saturated heterocycles. The number of rotatable bonds is 5. The average Bonchev–Trinajstić information content (AvgIpc) is 3.04. The van der Waals surface area contributed by atoms with Crippen LogP contribution >= 0.6 is 10.0 Å². The van der Waals surface area contributed by atoms with Gasteiger partial charge in [-0.05, 0) is 67.0 Å². The molecule has 2 heterocycles. The van der Waals surface area contributed by atoms with Crippen LogP contribution in [0.2, 0.25) is 0 Å². The van der Waals surface area contributed by atoms with Crippen molar-refractivity contribution in [2.45, 2.75) is 25.8 Å². The van der Waals surface area contributed by atoms with Crippen LogP contribution in [0.25, 0.3) is 0 Å². The van der Waals surface area contributed by atoms with Crippen LogP contribution in [0.4, 0.5) is 11.4 Å². The Balaban J connectivity index is 1.66. The second-order valence-corrected chi connectivity index (χ2v) is 12.9. The van der Waals surface area contributed by atoms with Crippen LogP contribution in [-0.4, -0.2) is 48.6 Å².